The smallest absolute Gasteiger partial charge is 0.309 e. The van der Waals surface area contributed by atoms with Crippen molar-refractivity contribution in [2.24, 2.45) is 5.92 Å². The van der Waals surface area contributed by atoms with Crippen LogP contribution in [0.25, 0.3) is 33.4 Å². The van der Waals surface area contributed by atoms with E-state index in [2.05, 4.69) is 25.8 Å². The minimum absolute atomic E-state index is 0.0738. The number of anilines is 1. The summed E-state index contributed by atoms with van der Waals surface area (Å²) in [4.78, 5) is 21.0. The Balaban J connectivity index is 1.65. The molecule has 31 heavy (non-hydrogen) atoms. The summed E-state index contributed by atoms with van der Waals surface area (Å²) in [7, 11) is 0. The zero-order chi connectivity index (χ0) is 21.4. The minimum Gasteiger partial charge on any atom is -0.507 e. The van der Waals surface area contributed by atoms with E-state index in [9.17, 15) is 15.0 Å². The number of phenols is 1. The topological polar surface area (TPSA) is 136 Å². The molecular formula is C22H20N6O3. The van der Waals surface area contributed by atoms with Crippen LogP contribution in [-0.4, -0.2) is 55.5 Å². The van der Waals surface area contributed by atoms with Crippen molar-refractivity contribution in [2.75, 3.05) is 18.4 Å². The number of hydrogen-bond acceptors (Lipinski definition) is 7. The van der Waals surface area contributed by atoms with Gasteiger partial charge in [0.25, 0.3) is 0 Å². The number of rotatable bonds is 5. The number of aromatic hydroxyl groups is 1. The second kappa shape index (κ2) is 7.69. The summed E-state index contributed by atoms with van der Waals surface area (Å²) in [6.45, 7) is 0.911. The van der Waals surface area contributed by atoms with Gasteiger partial charge >= 0.3 is 5.97 Å². The van der Waals surface area contributed by atoms with E-state index in [0.717, 1.165) is 16.5 Å². The highest BCUT2D eigenvalue weighted by molar-refractivity contribution is 5.94. The van der Waals surface area contributed by atoms with Gasteiger partial charge in [-0.15, -0.1) is 0 Å². The number of para-hydroxylation sites is 1. The van der Waals surface area contributed by atoms with E-state index in [1.54, 1.807) is 36.7 Å². The molecule has 1 aliphatic heterocycles. The number of fused-ring (bicyclic) bond motifs is 1. The van der Waals surface area contributed by atoms with Crippen molar-refractivity contribution >= 4 is 22.7 Å². The molecule has 0 saturated carbocycles. The van der Waals surface area contributed by atoms with Crippen molar-refractivity contribution in [3.63, 3.8) is 0 Å². The molecule has 5 rings (SSSR count). The molecule has 156 valence electrons. The van der Waals surface area contributed by atoms with E-state index < -0.39 is 11.9 Å². The predicted molar refractivity (Wildman–Crippen MR) is 116 cm³/mol. The molecule has 5 N–H and O–H groups in total. The van der Waals surface area contributed by atoms with Crippen molar-refractivity contribution in [1.29, 1.82) is 0 Å². The maximum absolute atomic E-state index is 11.6. The van der Waals surface area contributed by atoms with E-state index in [1.807, 2.05) is 18.2 Å². The molecule has 4 aromatic rings. The highest BCUT2D eigenvalue weighted by Gasteiger charge is 2.33. The number of hydrogen-bond donors (Lipinski definition) is 5. The Morgan fingerprint density at radius 3 is 2.74 bits per heavy atom. The predicted octanol–water partition coefficient (Wildman–Crippen LogP) is 2.48. The van der Waals surface area contributed by atoms with Crippen LogP contribution in [0.3, 0.4) is 0 Å². The van der Waals surface area contributed by atoms with Crippen LogP contribution in [0.5, 0.6) is 5.75 Å². The van der Waals surface area contributed by atoms with Gasteiger partial charge in [0.2, 0.25) is 0 Å². The lowest BCUT2D eigenvalue weighted by Gasteiger charge is -2.19. The molecule has 2 aromatic heterocycles. The first-order valence-corrected chi connectivity index (χ1v) is 9.89. The molecule has 0 aliphatic carbocycles. The van der Waals surface area contributed by atoms with Crippen LogP contribution >= 0.6 is 0 Å². The number of aromatic nitrogens is 4. The Morgan fingerprint density at radius 1 is 1.10 bits per heavy atom. The van der Waals surface area contributed by atoms with Crippen LogP contribution in [0.2, 0.25) is 0 Å². The lowest BCUT2D eigenvalue weighted by atomic mass is 10.0. The van der Waals surface area contributed by atoms with Gasteiger partial charge in [-0.25, -0.2) is 9.97 Å². The largest absolute Gasteiger partial charge is 0.507 e. The maximum atomic E-state index is 11.6. The van der Waals surface area contributed by atoms with Crippen LogP contribution < -0.4 is 10.6 Å². The number of benzene rings is 2. The fourth-order valence-electron chi connectivity index (χ4n) is 3.88. The molecule has 0 radical (unpaired) electrons. The molecule has 1 aliphatic rings. The van der Waals surface area contributed by atoms with E-state index in [1.165, 1.54) is 0 Å². The fourth-order valence-corrected chi connectivity index (χ4v) is 3.88. The number of H-pyrrole nitrogens is 1. The van der Waals surface area contributed by atoms with Gasteiger partial charge in [-0.2, -0.15) is 5.10 Å². The summed E-state index contributed by atoms with van der Waals surface area (Å²) in [6.07, 6.45) is 3.53. The molecule has 2 aromatic carbocycles. The van der Waals surface area contributed by atoms with Gasteiger partial charge in [0.1, 0.15) is 11.6 Å². The third-order valence-electron chi connectivity index (χ3n) is 5.53. The lowest BCUT2D eigenvalue weighted by Crippen LogP contribution is -2.33. The number of nitrogens with zero attached hydrogens (tertiary/aromatic N) is 3. The number of carboxylic acids is 1. The van der Waals surface area contributed by atoms with Gasteiger partial charge in [-0.1, -0.05) is 18.2 Å². The Kier molecular flexibility index (Phi) is 4.72. The minimum atomic E-state index is -0.857. The van der Waals surface area contributed by atoms with Crippen molar-refractivity contribution in [3.05, 3.63) is 54.9 Å². The molecule has 2 atom stereocenters. The quantitative estimate of drug-likeness (QED) is 0.335. The van der Waals surface area contributed by atoms with Gasteiger partial charge in [-0.3, -0.25) is 9.89 Å². The number of nitrogens with one attached hydrogen (secondary N) is 3. The first-order valence-electron chi connectivity index (χ1n) is 9.89. The van der Waals surface area contributed by atoms with Gasteiger partial charge < -0.3 is 20.8 Å². The Labute approximate surface area is 177 Å². The number of carboxylic acid groups (broad SMARTS) is 1. The number of aliphatic carboxylic acids is 1. The van der Waals surface area contributed by atoms with Crippen LogP contribution in [0.15, 0.2) is 54.9 Å². The van der Waals surface area contributed by atoms with E-state index in [4.69, 9.17) is 4.98 Å². The molecule has 9 heteroatoms. The summed E-state index contributed by atoms with van der Waals surface area (Å²) >= 11 is 0. The summed E-state index contributed by atoms with van der Waals surface area (Å²) in [5.41, 5.74) is 3.03. The Bertz CT molecular complexity index is 1260. The molecule has 0 bridgehead atoms. The number of carbonyl (C=O) groups is 1. The standard InChI is InChI=1S/C22H20N6O3/c29-19-4-2-1-3-15(19)21-26-17-7-12(13-8-24-25-9-13)5-6-14(17)20(28-21)27-18-11-23-10-16(18)22(30)31/h1-9,16,18,23,29H,10-11H2,(H,24,25)(H,30,31)(H,26,27,28). The van der Waals surface area contributed by atoms with Gasteiger partial charge in [0.15, 0.2) is 5.82 Å². The zero-order valence-electron chi connectivity index (χ0n) is 16.4. The van der Waals surface area contributed by atoms with Crippen molar-refractivity contribution in [1.82, 2.24) is 25.5 Å². The van der Waals surface area contributed by atoms with Crippen LogP contribution in [0, 0.1) is 5.92 Å². The lowest BCUT2D eigenvalue weighted by molar-refractivity contribution is -0.141. The highest BCUT2D eigenvalue weighted by atomic mass is 16.4. The molecule has 0 spiro atoms. The SMILES string of the molecule is O=C(O)C1CNCC1Nc1nc(-c2ccccc2O)nc2cc(-c3cn[nH]c3)ccc12. The van der Waals surface area contributed by atoms with E-state index >= 15 is 0 Å². The number of aromatic amines is 1. The summed E-state index contributed by atoms with van der Waals surface area (Å²) in [5.74, 6) is -0.463. The third kappa shape index (κ3) is 3.55. The molecule has 1 saturated heterocycles. The molecule has 9 nitrogen and oxygen atoms in total. The van der Waals surface area contributed by atoms with Crippen molar-refractivity contribution in [2.45, 2.75) is 6.04 Å². The second-order valence-electron chi connectivity index (χ2n) is 7.49. The first-order chi connectivity index (χ1) is 15.1. The Morgan fingerprint density at radius 2 is 1.97 bits per heavy atom. The summed E-state index contributed by atoms with van der Waals surface area (Å²) in [5, 5.41) is 33.9. The Hall–Kier alpha value is -3.98. The van der Waals surface area contributed by atoms with Gasteiger partial charge in [0, 0.05) is 30.2 Å². The van der Waals surface area contributed by atoms with Gasteiger partial charge in [-0.05, 0) is 29.8 Å². The first kappa shape index (κ1) is 19.0. The molecule has 1 fully saturated rings. The fraction of sp³-hybridized carbons (Fsp3) is 0.182. The van der Waals surface area contributed by atoms with E-state index in [0.29, 0.717) is 35.8 Å². The van der Waals surface area contributed by atoms with Gasteiger partial charge in [0.05, 0.1) is 29.2 Å². The average Bonchev–Trinajstić information content (AvgIpc) is 3.46. The summed E-state index contributed by atoms with van der Waals surface area (Å²) < 4.78 is 0. The molecule has 3 heterocycles. The highest BCUT2D eigenvalue weighted by Crippen LogP contribution is 2.32. The normalized spacial score (nSPS) is 18.3. The van der Waals surface area contributed by atoms with Crippen LogP contribution in [0.1, 0.15) is 0 Å². The third-order valence-corrected chi connectivity index (χ3v) is 5.53. The molecule has 0 amide bonds. The monoisotopic (exact) mass is 416 g/mol. The zero-order valence-corrected chi connectivity index (χ0v) is 16.4. The summed E-state index contributed by atoms with van der Waals surface area (Å²) in [6, 6.07) is 12.3. The average molecular weight is 416 g/mol. The number of phenolic OH excluding ortho intramolecular Hbond substituents is 1. The maximum Gasteiger partial charge on any atom is 0.309 e. The van der Waals surface area contributed by atoms with E-state index in [-0.39, 0.29) is 11.8 Å². The van der Waals surface area contributed by atoms with Crippen LogP contribution in [0.4, 0.5) is 5.82 Å². The van der Waals surface area contributed by atoms with Crippen molar-refractivity contribution < 1.29 is 15.0 Å². The molecular weight excluding hydrogens is 396 g/mol. The van der Waals surface area contributed by atoms with Crippen LogP contribution in [-0.2, 0) is 4.79 Å². The second-order valence-corrected chi connectivity index (χ2v) is 7.49. The molecule has 2 unspecified atom stereocenters. The van der Waals surface area contributed by atoms with Crippen molar-refractivity contribution in [3.8, 4) is 28.3 Å².